The van der Waals surface area contributed by atoms with Crippen molar-refractivity contribution in [1.82, 2.24) is 0 Å². The van der Waals surface area contributed by atoms with Crippen molar-refractivity contribution in [3.63, 3.8) is 0 Å². The Morgan fingerprint density at radius 3 is 2.75 bits per heavy atom. The molecule has 2 N–H and O–H groups in total. The summed E-state index contributed by atoms with van der Waals surface area (Å²) < 4.78 is 11.7. The molecule has 0 radical (unpaired) electrons. The number of carbonyl (C=O) groups is 1. The summed E-state index contributed by atoms with van der Waals surface area (Å²) in [6.07, 6.45) is 1.66. The van der Waals surface area contributed by atoms with E-state index in [2.05, 4.69) is 22.6 Å². The molecule has 0 bridgehead atoms. The molecular formula is C11H14INO3. The van der Waals surface area contributed by atoms with Gasteiger partial charge in [0.05, 0.1) is 13.7 Å². The number of carbonyl (C=O) groups excluding carboxylic acids is 1. The standard InChI is InChI=1S/C11H14INO3/c1-15-10-5-8(7-14)9(13)6-11(10)16-4-2-3-12/h5-7H,2-4,13H2,1H3. The van der Waals surface area contributed by atoms with Gasteiger partial charge in [0, 0.05) is 21.7 Å². The number of rotatable bonds is 6. The number of hydrogen-bond donors (Lipinski definition) is 1. The minimum absolute atomic E-state index is 0.403. The van der Waals surface area contributed by atoms with E-state index in [9.17, 15) is 4.79 Å². The molecule has 0 aromatic heterocycles. The Kier molecular flexibility index (Phi) is 5.37. The van der Waals surface area contributed by atoms with Crippen molar-refractivity contribution in [3.05, 3.63) is 17.7 Å². The van der Waals surface area contributed by atoms with Crippen LogP contribution < -0.4 is 15.2 Å². The summed E-state index contributed by atoms with van der Waals surface area (Å²) in [6, 6.07) is 3.21. The molecule has 1 aromatic carbocycles. The summed E-state index contributed by atoms with van der Waals surface area (Å²) in [5.41, 5.74) is 6.51. The lowest BCUT2D eigenvalue weighted by Gasteiger charge is -2.12. The van der Waals surface area contributed by atoms with E-state index in [1.807, 2.05) is 0 Å². The van der Waals surface area contributed by atoms with Crippen LogP contribution >= 0.6 is 22.6 Å². The second-order valence-corrected chi connectivity index (χ2v) is 4.22. The molecule has 16 heavy (non-hydrogen) atoms. The number of hydrogen-bond acceptors (Lipinski definition) is 4. The molecule has 0 heterocycles. The third-order valence-corrected chi connectivity index (χ3v) is 2.79. The predicted molar refractivity (Wildman–Crippen MR) is 71.8 cm³/mol. The predicted octanol–water partition coefficient (Wildman–Crippen LogP) is 2.29. The summed E-state index contributed by atoms with van der Waals surface area (Å²) in [7, 11) is 1.53. The van der Waals surface area contributed by atoms with Crippen LogP contribution in [0, 0.1) is 0 Å². The molecule has 0 atom stereocenters. The molecule has 1 rings (SSSR count). The molecule has 5 heteroatoms. The average molecular weight is 335 g/mol. The van der Waals surface area contributed by atoms with Crippen LogP contribution in [-0.2, 0) is 0 Å². The zero-order valence-electron chi connectivity index (χ0n) is 9.03. The second-order valence-electron chi connectivity index (χ2n) is 3.14. The van der Waals surface area contributed by atoms with E-state index in [-0.39, 0.29) is 0 Å². The number of nitrogens with two attached hydrogens (primary N) is 1. The Labute approximate surface area is 108 Å². The van der Waals surface area contributed by atoms with Crippen LogP contribution in [0.25, 0.3) is 0 Å². The van der Waals surface area contributed by atoms with Gasteiger partial charge in [0.2, 0.25) is 0 Å². The van der Waals surface area contributed by atoms with Gasteiger partial charge in [-0.15, -0.1) is 0 Å². The summed E-state index contributed by atoms with van der Waals surface area (Å²) in [5, 5.41) is 0. The molecule has 0 aliphatic heterocycles. The quantitative estimate of drug-likeness (QED) is 0.285. The van der Waals surface area contributed by atoms with Gasteiger partial charge in [-0.3, -0.25) is 4.79 Å². The van der Waals surface area contributed by atoms with Gasteiger partial charge in [0.25, 0.3) is 0 Å². The Hall–Kier alpha value is -0.980. The first-order valence-corrected chi connectivity index (χ1v) is 6.37. The third-order valence-electron chi connectivity index (χ3n) is 2.03. The van der Waals surface area contributed by atoms with Gasteiger partial charge in [0.1, 0.15) is 0 Å². The summed E-state index contributed by atoms with van der Waals surface area (Å²) >= 11 is 2.28. The van der Waals surface area contributed by atoms with Crippen molar-refractivity contribution >= 4 is 34.6 Å². The number of benzene rings is 1. The van der Waals surface area contributed by atoms with Gasteiger partial charge in [-0.25, -0.2) is 0 Å². The summed E-state index contributed by atoms with van der Waals surface area (Å²) in [4.78, 5) is 10.7. The van der Waals surface area contributed by atoms with Gasteiger partial charge in [-0.2, -0.15) is 0 Å². The van der Waals surface area contributed by atoms with Crippen LogP contribution in [0.5, 0.6) is 11.5 Å². The smallest absolute Gasteiger partial charge is 0.163 e. The van der Waals surface area contributed by atoms with Crippen LogP contribution in [0.15, 0.2) is 12.1 Å². The minimum Gasteiger partial charge on any atom is -0.493 e. The Morgan fingerprint density at radius 2 is 2.19 bits per heavy atom. The number of anilines is 1. The Morgan fingerprint density at radius 1 is 1.44 bits per heavy atom. The van der Waals surface area contributed by atoms with Crippen LogP contribution in [0.3, 0.4) is 0 Å². The number of nitrogen functional groups attached to an aromatic ring is 1. The Balaban J connectivity index is 2.89. The van der Waals surface area contributed by atoms with Gasteiger partial charge in [-0.05, 0) is 12.5 Å². The maximum absolute atomic E-state index is 10.7. The zero-order valence-corrected chi connectivity index (χ0v) is 11.2. The third kappa shape index (κ3) is 3.26. The van der Waals surface area contributed by atoms with E-state index in [0.717, 1.165) is 10.8 Å². The normalized spacial score (nSPS) is 9.88. The maximum atomic E-state index is 10.7. The minimum atomic E-state index is 0.403. The number of halogens is 1. The number of aldehydes is 1. The number of ether oxygens (including phenoxy) is 2. The second kappa shape index (κ2) is 6.57. The first kappa shape index (κ1) is 13.1. The van der Waals surface area contributed by atoms with Crippen molar-refractivity contribution in [2.24, 2.45) is 0 Å². The van der Waals surface area contributed by atoms with Crippen LogP contribution in [-0.4, -0.2) is 24.4 Å². The molecule has 0 amide bonds. The fourth-order valence-corrected chi connectivity index (χ4v) is 1.51. The molecule has 0 saturated heterocycles. The number of methoxy groups -OCH3 is 1. The van der Waals surface area contributed by atoms with Gasteiger partial charge in [-0.1, -0.05) is 22.6 Å². The highest BCUT2D eigenvalue weighted by Gasteiger charge is 2.09. The van der Waals surface area contributed by atoms with Crippen molar-refractivity contribution in [2.45, 2.75) is 6.42 Å². The zero-order chi connectivity index (χ0) is 12.0. The number of alkyl halides is 1. The maximum Gasteiger partial charge on any atom is 0.163 e. The van der Waals surface area contributed by atoms with Gasteiger partial charge in [0.15, 0.2) is 17.8 Å². The molecule has 0 saturated carbocycles. The first-order chi connectivity index (χ1) is 7.72. The lowest BCUT2D eigenvalue weighted by molar-refractivity contribution is 0.112. The summed E-state index contributed by atoms with van der Waals surface area (Å²) in [6.45, 7) is 0.610. The van der Waals surface area contributed by atoms with E-state index in [1.54, 1.807) is 12.1 Å². The van der Waals surface area contributed by atoms with E-state index in [0.29, 0.717) is 35.6 Å². The molecule has 4 nitrogen and oxygen atoms in total. The molecule has 0 spiro atoms. The van der Waals surface area contributed by atoms with E-state index in [4.69, 9.17) is 15.2 Å². The van der Waals surface area contributed by atoms with Gasteiger partial charge >= 0.3 is 0 Å². The van der Waals surface area contributed by atoms with Crippen molar-refractivity contribution in [2.75, 3.05) is 23.9 Å². The average Bonchev–Trinajstić information content (AvgIpc) is 2.30. The van der Waals surface area contributed by atoms with Crippen molar-refractivity contribution in [3.8, 4) is 11.5 Å². The fraction of sp³-hybridized carbons (Fsp3) is 0.364. The van der Waals surface area contributed by atoms with Crippen LogP contribution in [0.2, 0.25) is 0 Å². The molecule has 1 aromatic rings. The van der Waals surface area contributed by atoms with Crippen molar-refractivity contribution in [1.29, 1.82) is 0 Å². The molecule has 0 unspecified atom stereocenters. The Bertz CT molecular complexity index is 368. The van der Waals surface area contributed by atoms with E-state index in [1.165, 1.54) is 7.11 Å². The van der Waals surface area contributed by atoms with E-state index < -0.39 is 0 Å². The lowest BCUT2D eigenvalue weighted by atomic mass is 10.2. The largest absolute Gasteiger partial charge is 0.493 e. The van der Waals surface area contributed by atoms with Crippen LogP contribution in [0.1, 0.15) is 16.8 Å². The van der Waals surface area contributed by atoms with Crippen LogP contribution in [0.4, 0.5) is 5.69 Å². The van der Waals surface area contributed by atoms with Gasteiger partial charge < -0.3 is 15.2 Å². The molecule has 0 fully saturated rings. The summed E-state index contributed by atoms with van der Waals surface area (Å²) in [5.74, 6) is 1.11. The molecular weight excluding hydrogens is 321 g/mol. The molecule has 0 aliphatic rings. The first-order valence-electron chi connectivity index (χ1n) is 4.84. The lowest BCUT2D eigenvalue weighted by Crippen LogP contribution is -2.02. The highest BCUT2D eigenvalue weighted by molar-refractivity contribution is 14.1. The fourth-order valence-electron chi connectivity index (χ4n) is 1.20. The highest BCUT2D eigenvalue weighted by Crippen LogP contribution is 2.31. The molecule has 88 valence electrons. The van der Waals surface area contributed by atoms with Crippen molar-refractivity contribution < 1.29 is 14.3 Å². The SMILES string of the molecule is COc1cc(C=O)c(N)cc1OCCCI. The van der Waals surface area contributed by atoms with E-state index >= 15 is 0 Å². The topological polar surface area (TPSA) is 61.5 Å². The molecule has 0 aliphatic carbocycles. The highest BCUT2D eigenvalue weighted by atomic mass is 127. The monoisotopic (exact) mass is 335 g/mol.